The molecular formula is C20H30N2O3. The van der Waals surface area contributed by atoms with Crippen molar-refractivity contribution in [2.24, 2.45) is 5.92 Å². The first-order chi connectivity index (χ1) is 11.7. The van der Waals surface area contributed by atoms with Crippen LogP contribution >= 0.6 is 0 Å². The quantitative estimate of drug-likeness (QED) is 0.833. The number of likely N-dealkylation sites (tertiary alicyclic amines) is 1. The van der Waals surface area contributed by atoms with Gasteiger partial charge < -0.3 is 10.1 Å². The Morgan fingerprint density at radius 3 is 2.52 bits per heavy atom. The number of nitrogens with one attached hydrogen (secondary N) is 1. The van der Waals surface area contributed by atoms with E-state index < -0.39 is 5.60 Å². The van der Waals surface area contributed by atoms with Crippen molar-refractivity contribution in [1.29, 1.82) is 0 Å². The normalized spacial score (nSPS) is 18.6. The summed E-state index contributed by atoms with van der Waals surface area (Å²) in [5.74, 6) is 0.265. The first-order valence-corrected chi connectivity index (χ1v) is 9.02. The molecule has 1 heterocycles. The molecule has 1 N–H and O–H groups in total. The largest absolute Gasteiger partial charge is 0.456 e. The molecule has 5 nitrogen and oxygen atoms in total. The molecular weight excluding hydrogens is 316 g/mol. The minimum Gasteiger partial charge on any atom is -0.456 e. The Balaban J connectivity index is 1.88. The minimum atomic E-state index is -0.480. The molecule has 1 atom stereocenters. The van der Waals surface area contributed by atoms with Gasteiger partial charge in [0.2, 0.25) is 5.91 Å². The molecule has 1 amide bonds. The topological polar surface area (TPSA) is 58.6 Å². The maximum Gasteiger partial charge on any atom is 0.338 e. The molecule has 0 aliphatic carbocycles. The van der Waals surface area contributed by atoms with Crippen LogP contribution in [0.4, 0.5) is 0 Å². The highest BCUT2D eigenvalue weighted by Gasteiger charge is 2.21. The van der Waals surface area contributed by atoms with E-state index in [9.17, 15) is 9.59 Å². The van der Waals surface area contributed by atoms with Gasteiger partial charge in [0.1, 0.15) is 5.60 Å². The van der Waals surface area contributed by atoms with Crippen molar-refractivity contribution in [3.63, 3.8) is 0 Å². The molecule has 0 radical (unpaired) electrons. The van der Waals surface area contributed by atoms with Crippen molar-refractivity contribution in [1.82, 2.24) is 10.2 Å². The molecule has 0 spiro atoms. The van der Waals surface area contributed by atoms with Crippen LogP contribution in [0.25, 0.3) is 0 Å². The van der Waals surface area contributed by atoms with Gasteiger partial charge in [-0.2, -0.15) is 0 Å². The zero-order chi connectivity index (χ0) is 18.4. The Bertz CT molecular complexity index is 590. The maximum atomic E-state index is 12.1. The van der Waals surface area contributed by atoms with Gasteiger partial charge in [0, 0.05) is 26.6 Å². The summed E-state index contributed by atoms with van der Waals surface area (Å²) in [6.45, 7) is 10.9. The molecule has 1 aromatic rings. The van der Waals surface area contributed by atoms with E-state index in [1.54, 1.807) is 6.92 Å². The van der Waals surface area contributed by atoms with E-state index in [1.165, 1.54) is 5.56 Å². The van der Waals surface area contributed by atoms with Crippen LogP contribution in [0, 0.1) is 5.92 Å². The van der Waals surface area contributed by atoms with E-state index in [1.807, 2.05) is 45.0 Å². The lowest BCUT2D eigenvalue weighted by Crippen LogP contribution is -2.40. The number of hydrogen-bond acceptors (Lipinski definition) is 4. The van der Waals surface area contributed by atoms with Crippen LogP contribution in [-0.4, -0.2) is 42.0 Å². The van der Waals surface area contributed by atoms with Gasteiger partial charge in [0.25, 0.3) is 0 Å². The van der Waals surface area contributed by atoms with E-state index in [4.69, 9.17) is 4.74 Å². The number of amides is 1. The number of carbonyl (C=O) groups is 2. The van der Waals surface area contributed by atoms with Crippen LogP contribution in [0.1, 0.15) is 56.5 Å². The monoisotopic (exact) mass is 346 g/mol. The highest BCUT2D eigenvalue weighted by molar-refractivity contribution is 5.89. The molecule has 0 unspecified atom stereocenters. The molecule has 0 bridgehead atoms. The Kier molecular flexibility index (Phi) is 6.59. The smallest absolute Gasteiger partial charge is 0.338 e. The summed E-state index contributed by atoms with van der Waals surface area (Å²) in [6, 6.07) is 7.66. The summed E-state index contributed by atoms with van der Waals surface area (Å²) < 4.78 is 5.39. The first kappa shape index (κ1) is 19.4. The number of nitrogens with zero attached hydrogens (tertiary/aromatic N) is 1. The van der Waals surface area contributed by atoms with Crippen LogP contribution in [-0.2, 0) is 16.1 Å². The van der Waals surface area contributed by atoms with Crippen LogP contribution in [0.3, 0.4) is 0 Å². The predicted octanol–water partition coefficient (Wildman–Crippen LogP) is 2.99. The Morgan fingerprint density at radius 2 is 1.92 bits per heavy atom. The van der Waals surface area contributed by atoms with Gasteiger partial charge in [-0.1, -0.05) is 12.1 Å². The van der Waals surface area contributed by atoms with Crippen molar-refractivity contribution in [2.75, 3.05) is 19.6 Å². The standard InChI is InChI=1S/C20H30N2O3/c1-15(23)21-12-17-6-5-11-22(14-17)13-16-7-9-18(10-8-16)19(24)25-20(2,3)4/h7-10,17H,5-6,11-14H2,1-4H3,(H,21,23)/t17-/m0/s1. The zero-order valence-electron chi connectivity index (χ0n) is 15.8. The molecule has 25 heavy (non-hydrogen) atoms. The number of carbonyl (C=O) groups excluding carboxylic acids is 2. The van der Waals surface area contributed by atoms with Crippen LogP contribution in [0.15, 0.2) is 24.3 Å². The lowest BCUT2D eigenvalue weighted by molar-refractivity contribution is -0.119. The average molecular weight is 346 g/mol. The number of piperidine rings is 1. The van der Waals surface area contributed by atoms with E-state index >= 15 is 0 Å². The van der Waals surface area contributed by atoms with E-state index in [-0.39, 0.29) is 11.9 Å². The summed E-state index contributed by atoms with van der Waals surface area (Å²) in [5.41, 5.74) is 1.29. The number of ether oxygens (including phenoxy) is 1. The van der Waals surface area contributed by atoms with Gasteiger partial charge in [0.05, 0.1) is 5.56 Å². The van der Waals surface area contributed by atoms with Crippen molar-refractivity contribution < 1.29 is 14.3 Å². The highest BCUT2D eigenvalue weighted by Crippen LogP contribution is 2.19. The van der Waals surface area contributed by atoms with Crippen LogP contribution in [0.5, 0.6) is 0 Å². The summed E-state index contributed by atoms with van der Waals surface area (Å²) in [5, 5.41) is 2.92. The number of benzene rings is 1. The molecule has 1 aromatic carbocycles. The van der Waals surface area contributed by atoms with Gasteiger partial charge in [0.15, 0.2) is 0 Å². The van der Waals surface area contributed by atoms with Gasteiger partial charge in [-0.15, -0.1) is 0 Å². The summed E-state index contributed by atoms with van der Waals surface area (Å²) in [7, 11) is 0. The second kappa shape index (κ2) is 8.48. The van der Waals surface area contributed by atoms with Crippen molar-refractivity contribution in [3.05, 3.63) is 35.4 Å². The lowest BCUT2D eigenvalue weighted by Gasteiger charge is -2.32. The fourth-order valence-electron chi connectivity index (χ4n) is 3.09. The molecule has 1 aliphatic rings. The third kappa shape index (κ3) is 6.86. The fourth-order valence-corrected chi connectivity index (χ4v) is 3.09. The van der Waals surface area contributed by atoms with Crippen LogP contribution < -0.4 is 5.32 Å². The van der Waals surface area contributed by atoms with E-state index in [0.717, 1.165) is 39.0 Å². The van der Waals surface area contributed by atoms with Crippen molar-refractivity contribution >= 4 is 11.9 Å². The molecule has 1 fully saturated rings. The number of hydrogen-bond donors (Lipinski definition) is 1. The molecule has 0 saturated carbocycles. The number of rotatable bonds is 5. The SMILES string of the molecule is CC(=O)NC[C@@H]1CCCN(Cc2ccc(C(=O)OC(C)(C)C)cc2)C1. The van der Waals surface area contributed by atoms with Crippen molar-refractivity contribution in [3.8, 4) is 0 Å². The van der Waals surface area contributed by atoms with Gasteiger partial charge >= 0.3 is 5.97 Å². The second-order valence-electron chi connectivity index (χ2n) is 7.88. The third-order valence-corrected chi connectivity index (χ3v) is 4.24. The summed E-state index contributed by atoms with van der Waals surface area (Å²) in [6.07, 6.45) is 2.31. The lowest BCUT2D eigenvalue weighted by atomic mass is 9.97. The zero-order valence-corrected chi connectivity index (χ0v) is 15.8. The maximum absolute atomic E-state index is 12.1. The van der Waals surface area contributed by atoms with Gasteiger partial charge in [-0.3, -0.25) is 9.69 Å². The second-order valence-corrected chi connectivity index (χ2v) is 7.88. The fraction of sp³-hybridized carbons (Fsp3) is 0.600. The van der Waals surface area contributed by atoms with E-state index in [2.05, 4.69) is 10.2 Å². The molecule has 0 aromatic heterocycles. The average Bonchev–Trinajstić information content (AvgIpc) is 2.52. The Hall–Kier alpha value is -1.88. The van der Waals surface area contributed by atoms with Crippen molar-refractivity contribution in [2.45, 2.75) is 52.7 Å². The minimum absolute atomic E-state index is 0.0369. The Morgan fingerprint density at radius 1 is 1.24 bits per heavy atom. The molecule has 1 saturated heterocycles. The molecule has 5 heteroatoms. The number of esters is 1. The third-order valence-electron chi connectivity index (χ3n) is 4.24. The Labute approximate surface area is 150 Å². The predicted molar refractivity (Wildman–Crippen MR) is 98.3 cm³/mol. The summed E-state index contributed by atoms with van der Waals surface area (Å²) >= 11 is 0. The first-order valence-electron chi connectivity index (χ1n) is 9.02. The highest BCUT2D eigenvalue weighted by atomic mass is 16.6. The van der Waals surface area contributed by atoms with Gasteiger partial charge in [-0.05, 0) is 63.8 Å². The summed E-state index contributed by atoms with van der Waals surface area (Å²) in [4.78, 5) is 25.5. The van der Waals surface area contributed by atoms with E-state index in [0.29, 0.717) is 11.5 Å². The van der Waals surface area contributed by atoms with Gasteiger partial charge in [-0.25, -0.2) is 4.79 Å². The molecule has 1 aliphatic heterocycles. The van der Waals surface area contributed by atoms with Crippen LogP contribution in [0.2, 0.25) is 0 Å². The molecule has 138 valence electrons. The molecule has 2 rings (SSSR count).